The van der Waals surface area contributed by atoms with Crippen molar-refractivity contribution in [2.75, 3.05) is 5.75 Å². The summed E-state index contributed by atoms with van der Waals surface area (Å²) in [5.41, 5.74) is 0.953. The molecule has 0 spiro atoms. The fraction of sp³-hybridized carbons (Fsp3) is 0.300. The highest BCUT2D eigenvalue weighted by molar-refractivity contribution is 7.91. The third-order valence-corrected chi connectivity index (χ3v) is 3.31. The first-order valence-electron chi connectivity index (χ1n) is 4.28. The molecule has 0 aliphatic rings. The second-order valence-electron chi connectivity index (χ2n) is 3.30. The number of hydrogen-bond acceptors (Lipinski definition) is 3. The van der Waals surface area contributed by atoms with Crippen LogP contribution in [0.1, 0.15) is 12.5 Å². The molecule has 1 aromatic rings. The molecule has 3 nitrogen and oxygen atoms in total. The highest BCUT2D eigenvalue weighted by Gasteiger charge is 2.12. The molecule has 0 bridgehead atoms. The quantitative estimate of drug-likeness (QED) is 0.770. The van der Waals surface area contributed by atoms with Gasteiger partial charge in [-0.1, -0.05) is 30.3 Å². The van der Waals surface area contributed by atoms with E-state index in [0.717, 1.165) is 5.56 Å². The van der Waals surface area contributed by atoms with Crippen LogP contribution in [0.2, 0.25) is 0 Å². The second-order valence-corrected chi connectivity index (χ2v) is 5.36. The van der Waals surface area contributed by atoms with Crippen LogP contribution >= 0.6 is 0 Å². The highest BCUT2D eigenvalue weighted by Crippen LogP contribution is 2.05. The smallest absolute Gasteiger partial charge is 0.159 e. The largest absolute Gasteiger partial charge is 0.309 e. The Hall–Kier alpha value is -1.16. The first-order chi connectivity index (χ1) is 6.49. The standard InChI is InChI=1S/C10H13NO2S/c1-9(11)7-14(12,13)8-10-5-3-2-4-6-10/h2-6,11H,7-8H2,1H3. The molecule has 0 fully saturated rings. The van der Waals surface area contributed by atoms with Crippen LogP contribution in [-0.2, 0) is 15.6 Å². The summed E-state index contributed by atoms with van der Waals surface area (Å²) >= 11 is 0. The van der Waals surface area contributed by atoms with Crippen LogP contribution in [0.15, 0.2) is 30.3 Å². The molecular weight excluding hydrogens is 198 g/mol. The molecule has 4 heteroatoms. The molecule has 0 atom stereocenters. The predicted octanol–water partition coefficient (Wildman–Crippen LogP) is 1.64. The van der Waals surface area contributed by atoms with Gasteiger partial charge in [0.05, 0.1) is 11.5 Å². The lowest BCUT2D eigenvalue weighted by Crippen LogP contribution is -2.14. The van der Waals surface area contributed by atoms with Gasteiger partial charge in [-0.2, -0.15) is 0 Å². The zero-order valence-electron chi connectivity index (χ0n) is 8.03. The third kappa shape index (κ3) is 3.70. The summed E-state index contributed by atoms with van der Waals surface area (Å²) in [5, 5.41) is 7.14. The zero-order chi connectivity index (χ0) is 10.6. The van der Waals surface area contributed by atoms with Gasteiger partial charge in [-0.25, -0.2) is 8.42 Å². The zero-order valence-corrected chi connectivity index (χ0v) is 8.84. The van der Waals surface area contributed by atoms with Crippen molar-refractivity contribution in [2.24, 2.45) is 0 Å². The van der Waals surface area contributed by atoms with E-state index in [1.807, 2.05) is 18.2 Å². The molecule has 1 aromatic carbocycles. The molecule has 14 heavy (non-hydrogen) atoms. The first kappa shape index (κ1) is 10.9. The van der Waals surface area contributed by atoms with E-state index in [4.69, 9.17) is 5.41 Å². The number of rotatable bonds is 4. The van der Waals surface area contributed by atoms with Crippen LogP contribution < -0.4 is 0 Å². The lowest BCUT2D eigenvalue weighted by atomic mass is 10.2. The van der Waals surface area contributed by atoms with E-state index in [1.165, 1.54) is 6.92 Å². The molecule has 0 aliphatic carbocycles. The van der Waals surface area contributed by atoms with Gasteiger partial charge in [0.15, 0.2) is 9.84 Å². The second kappa shape index (κ2) is 4.37. The van der Waals surface area contributed by atoms with E-state index in [-0.39, 0.29) is 17.2 Å². The Kier molecular flexibility index (Phi) is 3.41. The number of hydrogen-bond donors (Lipinski definition) is 1. The summed E-state index contributed by atoms with van der Waals surface area (Å²) < 4.78 is 22.9. The Bertz CT molecular complexity index is 409. The van der Waals surface area contributed by atoms with Crippen molar-refractivity contribution in [1.29, 1.82) is 5.41 Å². The number of sulfone groups is 1. The summed E-state index contributed by atoms with van der Waals surface area (Å²) in [6, 6.07) is 9.01. The lowest BCUT2D eigenvalue weighted by molar-refractivity contribution is 0.599. The highest BCUT2D eigenvalue weighted by atomic mass is 32.2. The topological polar surface area (TPSA) is 58.0 Å². The van der Waals surface area contributed by atoms with Crippen LogP contribution in [0.4, 0.5) is 0 Å². The average molecular weight is 211 g/mol. The summed E-state index contributed by atoms with van der Waals surface area (Å²) in [5.74, 6) is -0.133. The molecule has 0 aliphatic heterocycles. The monoisotopic (exact) mass is 211 g/mol. The molecule has 1 rings (SSSR count). The van der Waals surface area contributed by atoms with Crippen molar-refractivity contribution in [2.45, 2.75) is 12.7 Å². The Morgan fingerprint density at radius 1 is 1.29 bits per heavy atom. The van der Waals surface area contributed by atoms with Crippen LogP contribution in [0, 0.1) is 5.41 Å². The van der Waals surface area contributed by atoms with Gasteiger partial charge in [0.25, 0.3) is 0 Å². The SMILES string of the molecule is CC(=N)CS(=O)(=O)Cc1ccccc1. The van der Waals surface area contributed by atoms with E-state index < -0.39 is 9.84 Å². The van der Waals surface area contributed by atoms with Crippen molar-refractivity contribution >= 4 is 15.5 Å². The molecule has 0 heterocycles. The number of benzene rings is 1. The van der Waals surface area contributed by atoms with Crippen molar-refractivity contribution in [3.63, 3.8) is 0 Å². The molecule has 0 unspecified atom stereocenters. The van der Waals surface area contributed by atoms with Gasteiger partial charge >= 0.3 is 0 Å². The van der Waals surface area contributed by atoms with Crippen molar-refractivity contribution < 1.29 is 8.42 Å². The Morgan fingerprint density at radius 3 is 2.36 bits per heavy atom. The van der Waals surface area contributed by atoms with Crippen molar-refractivity contribution in [1.82, 2.24) is 0 Å². The van der Waals surface area contributed by atoms with Gasteiger partial charge in [0.2, 0.25) is 0 Å². The predicted molar refractivity (Wildman–Crippen MR) is 57.3 cm³/mol. The van der Waals surface area contributed by atoms with Crippen LogP contribution in [0.3, 0.4) is 0 Å². The van der Waals surface area contributed by atoms with Gasteiger partial charge in [-0.15, -0.1) is 0 Å². The molecule has 0 aromatic heterocycles. The van der Waals surface area contributed by atoms with Gasteiger partial charge in [-0.05, 0) is 12.5 Å². The fourth-order valence-electron chi connectivity index (χ4n) is 1.21. The van der Waals surface area contributed by atoms with E-state index >= 15 is 0 Å². The van der Waals surface area contributed by atoms with Gasteiger partial charge < -0.3 is 5.41 Å². The fourth-order valence-corrected chi connectivity index (χ4v) is 2.67. The minimum absolute atomic E-state index is 0.0179. The van der Waals surface area contributed by atoms with E-state index in [9.17, 15) is 8.42 Å². The minimum atomic E-state index is -3.16. The number of nitrogens with one attached hydrogen (secondary N) is 1. The van der Waals surface area contributed by atoms with E-state index in [2.05, 4.69) is 0 Å². The molecule has 0 amide bonds. The van der Waals surface area contributed by atoms with Crippen LogP contribution in [0.25, 0.3) is 0 Å². The summed E-state index contributed by atoms with van der Waals surface area (Å²) in [6.45, 7) is 1.50. The molecular formula is C10H13NO2S. The molecule has 0 radical (unpaired) electrons. The van der Waals surface area contributed by atoms with Gasteiger partial charge in [-0.3, -0.25) is 0 Å². The van der Waals surface area contributed by atoms with E-state index in [1.54, 1.807) is 12.1 Å². The average Bonchev–Trinajstić information content (AvgIpc) is 2.02. The summed E-state index contributed by atoms with van der Waals surface area (Å²) in [6.07, 6.45) is 0. The summed E-state index contributed by atoms with van der Waals surface area (Å²) in [7, 11) is -3.16. The maximum atomic E-state index is 11.5. The third-order valence-electron chi connectivity index (χ3n) is 1.67. The molecule has 0 saturated heterocycles. The Morgan fingerprint density at radius 2 is 1.86 bits per heavy atom. The van der Waals surface area contributed by atoms with Gasteiger partial charge in [0, 0.05) is 5.71 Å². The van der Waals surface area contributed by atoms with Gasteiger partial charge in [0.1, 0.15) is 0 Å². The molecule has 0 saturated carbocycles. The molecule has 76 valence electrons. The maximum Gasteiger partial charge on any atom is 0.159 e. The van der Waals surface area contributed by atoms with Crippen LogP contribution in [0.5, 0.6) is 0 Å². The first-order valence-corrected chi connectivity index (χ1v) is 6.10. The normalized spacial score (nSPS) is 11.2. The Labute approximate surface area is 84.2 Å². The Balaban J connectivity index is 2.74. The van der Waals surface area contributed by atoms with Crippen molar-refractivity contribution in [3.05, 3.63) is 35.9 Å². The van der Waals surface area contributed by atoms with Crippen LogP contribution in [-0.4, -0.2) is 19.9 Å². The molecule has 1 N–H and O–H groups in total. The summed E-state index contributed by atoms with van der Waals surface area (Å²) in [4.78, 5) is 0. The minimum Gasteiger partial charge on any atom is -0.309 e. The lowest BCUT2D eigenvalue weighted by Gasteiger charge is -2.02. The van der Waals surface area contributed by atoms with E-state index in [0.29, 0.717) is 0 Å². The van der Waals surface area contributed by atoms with Crippen molar-refractivity contribution in [3.8, 4) is 0 Å². The maximum absolute atomic E-state index is 11.5.